The molecule has 2 aromatic carbocycles. The highest BCUT2D eigenvalue weighted by Crippen LogP contribution is 2.32. The van der Waals surface area contributed by atoms with Crippen LogP contribution in [0.5, 0.6) is 5.75 Å². The molecule has 8 heteroatoms. The van der Waals surface area contributed by atoms with Crippen molar-refractivity contribution in [3.05, 3.63) is 63.3 Å². The second-order valence-electron chi connectivity index (χ2n) is 7.40. The number of halogens is 2. The number of carbonyl (C=O) groups excluding carboxylic acids is 2. The number of esters is 1. The lowest BCUT2D eigenvalue weighted by molar-refractivity contribution is -0.132. The van der Waals surface area contributed by atoms with Gasteiger partial charge < -0.3 is 19.4 Å². The van der Waals surface area contributed by atoms with E-state index in [4.69, 9.17) is 32.7 Å². The van der Waals surface area contributed by atoms with E-state index in [1.807, 2.05) is 17.0 Å². The minimum absolute atomic E-state index is 0.0740. The average Bonchev–Trinajstić information content (AvgIpc) is 3.15. The predicted molar refractivity (Wildman–Crippen MR) is 120 cm³/mol. The molecule has 4 rings (SSSR count). The lowest BCUT2D eigenvalue weighted by Gasteiger charge is -2.27. The molecule has 2 heterocycles. The SMILES string of the molecule is COC(=O)c1ccc2[nH]c3c(c2c1)CN(C(=O)CCCOc1cccc(Cl)c1Cl)CC3. The highest BCUT2D eigenvalue weighted by molar-refractivity contribution is 6.42. The Morgan fingerprint density at radius 1 is 1.19 bits per heavy atom. The molecular weight excluding hydrogens is 439 g/mol. The Bertz CT molecular complexity index is 1140. The van der Waals surface area contributed by atoms with Gasteiger partial charge in [0.15, 0.2) is 0 Å². The Hall–Kier alpha value is -2.70. The summed E-state index contributed by atoms with van der Waals surface area (Å²) < 4.78 is 10.5. The standard InChI is InChI=1S/C23H22Cl2N2O4/c1-30-23(29)14-7-8-18-15(12-14)16-13-27(10-9-19(16)26-18)21(28)6-3-11-31-20-5-2-4-17(24)22(20)25/h2,4-5,7-8,12,26H,3,6,9-11,13H2,1H3. The summed E-state index contributed by atoms with van der Waals surface area (Å²) in [5.41, 5.74) is 3.62. The van der Waals surface area contributed by atoms with Gasteiger partial charge in [0.25, 0.3) is 0 Å². The van der Waals surface area contributed by atoms with E-state index in [0.29, 0.717) is 53.9 Å². The zero-order valence-corrected chi connectivity index (χ0v) is 18.6. The maximum atomic E-state index is 12.8. The Labute approximate surface area is 190 Å². The van der Waals surface area contributed by atoms with E-state index in [1.54, 1.807) is 24.3 Å². The van der Waals surface area contributed by atoms with E-state index in [-0.39, 0.29) is 11.9 Å². The van der Waals surface area contributed by atoms with Crippen LogP contribution in [0.3, 0.4) is 0 Å². The molecule has 0 atom stereocenters. The number of benzene rings is 2. The van der Waals surface area contributed by atoms with Crippen LogP contribution in [0.15, 0.2) is 36.4 Å². The van der Waals surface area contributed by atoms with Gasteiger partial charge in [0.2, 0.25) is 5.91 Å². The van der Waals surface area contributed by atoms with E-state index in [9.17, 15) is 9.59 Å². The predicted octanol–water partition coefficient (Wildman–Crippen LogP) is 5.01. The molecule has 31 heavy (non-hydrogen) atoms. The molecule has 0 aliphatic carbocycles. The molecule has 1 N–H and O–H groups in total. The zero-order valence-electron chi connectivity index (χ0n) is 17.0. The largest absolute Gasteiger partial charge is 0.492 e. The van der Waals surface area contributed by atoms with Gasteiger partial charge in [0.1, 0.15) is 10.8 Å². The average molecular weight is 461 g/mol. The number of nitrogens with one attached hydrogen (secondary N) is 1. The molecule has 0 saturated carbocycles. The smallest absolute Gasteiger partial charge is 0.337 e. The molecule has 0 radical (unpaired) electrons. The fourth-order valence-corrected chi connectivity index (χ4v) is 4.18. The van der Waals surface area contributed by atoms with Crippen molar-refractivity contribution in [1.29, 1.82) is 0 Å². The Balaban J connectivity index is 1.38. The third-order valence-corrected chi connectivity index (χ3v) is 6.26. The van der Waals surface area contributed by atoms with Gasteiger partial charge in [0, 0.05) is 48.1 Å². The molecule has 6 nitrogen and oxygen atoms in total. The number of ether oxygens (including phenoxy) is 2. The van der Waals surface area contributed by atoms with Gasteiger partial charge in [-0.25, -0.2) is 4.79 Å². The van der Waals surface area contributed by atoms with Crippen LogP contribution >= 0.6 is 23.2 Å². The van der Waals surface area contributed by atoms with Gasteiger partial charge in [-0.05, 0) is 36.8 Å². The van der Waals surface area contributed by atoms with Crippen molar-refractivity contribution in [3.63, 3.8) is 0 Å². The summed E-state index contributed by atoms with van der Waals surface area (Å²) in [5, 5.41) is 1.77. The minimum Gasteiger partial charge on any atom is -0.492 e. The fraction of sp³-hybridized carbons (Fsp3) is 0.304. The number of aromatic nitrogens is 1. The second kappa shape index (κ2) is 9.20. The first-order valence-electron chi connectivity index (χ1n) is 10.0. The Kier molecular flexibility index (Phi) is 6.39. The van der Waals surface area contributed by atoms with Crippen LogP contribution in [0.1, 0.15) is 34.5 Å². The monoisotopic (exact) mass is 460 g/mol. The van der Waals surface area contributed by atoms with E-state index < -0.39 is 0 Å². The number of fused-ring (bicyclic) bond motifs is 3. The molecule has 3 aromatic rings. The summed E-state index contributed by atoms with van der Waals surface area (Å²) in [6.07, 6.45) is 1.70. The Morgan fingerprint density at radius 2 is 2.03 bits per heavy atom. The molecule has 1 aliphatic heterocycles. The van der Waals surface area contributed by atoms with Crippen LogP contribution in [0.25, 0.3) is 10.9 Å². The molecule has 1 aromatic heterocycles. The van der Waals surface area contributed by atoms with Crippen LogP contribution in [0, 0.1) is 0 Å². The Morgan fingerprint density at radius 3 is 2.84 bits per heavy atom. The molecule has 162 valence electrons. The molecule has 0 spiro atoms. The van der Waals surface area contributed by atoms with Crippen LogP contribution in [-0.4, -0.2) is 42.0 Å². The highest BCUT2D eigenvalue weighted by Gasteiger charge is 2.24. The lowest BCUT2D eigenvalue weighted by Crippen LogP contribution is -2.35. The van der Waals surface area contributed by atoms with Crippen molar-refractivity contribution in [2.24, 2.45) is 0 Å². The number of methoxy groups -OCH3 is 1. The van der Waals surface area contributed by atoms with Gasteiger partial charge in [0.05, 0.1) is 24.3 Å². The number of aromatic amines is 1. The summed E-state index contributed by atoms with van der Waals surface area (Å²) in [6.45, 7) is 1.55. The van der Waals surface area contributed by atoms with Crippen molar-refractivity contribution in [2.45, 2.75) is 25.8 Å². The summed E-state index contributed by atoms with van der Waals surface area (Å²) >= 11 is 12.1. The number of amides is 1. The number of hydrogen-bond acceptors (Lipinski definition) is 4. The summed E-state index contributed by atoms with van der Waals surface area (Å²) in [5.74, 6) is 0.217. The van der Waals surface area contributed by atoms with Crippen LogP contribution in [0.2, 0.25) is 10.0 Å². The normalized spacial score (nSPS) is 13.2. The van der Waals surface area contributed by atoms with Gasteiger partial charge in [-0.1, -0.05) is 29.3 Å². The van der Waals surface area contributed by atoms with Crippen LogP contribution in [-0.2, 0) is 22.5 Å². The van der Waals surface area contributed by atoms with Crippen molar-refractivity contribution in [1.82, 2.24) is 9.88 Å². The fourth-order valence-electron chi connectivity index (χ4n) is 3.83. The molecule has 0 unspecified atom stereocenters. The molecule has 0 saturated heterocycles. The van der Waals surface area contributed by atoms with Gasteiger partial charge in [-0.2, -0.15) is 0 Å². The first-order chi connectivity index (χ1) is 15.0. The minimum atomic E-state index is -0.375. The summed E-state index contributed by atoms with van der Waals surface area (Å²) in [4.78, 5) is 29.9. The number of hydrogen-bond donors (Lipinski definition) is 1. The number of H-pyrrole nitrogens is 1. The summed E-state index contributed by atoms with van der Waals surface area (Å²) in [7, 11) is 1.36. The third-order valence-electron chi connectivity index (χ3n) is 5.46. The van der Waals surface area contributed by atoms with Crippen molar-refractivity contribution in [2.75, 3.05) is 20.3 Å². The van der Waals surface area contributed by atoms with E-state index in [0.717, 1.165) is 28.6 Å². The maximum Gasteiger partial charge on any atom is 0.337 e. The molecule has 0 fully saturated rings. The van der Waals surface area contributed by atoms with Crippen LogP contribution in [0.4, 0.5) is 0 Å². The first kappa shape index (κ1) is 21.5. The van der Waals surface area contributed by atoms with E-state index in [2.05, 4.69) is 4.98 Å². The quantitative estimate of drug-likeness (QED) is 0.414. The van der Waals surface area contributed by atoms with Gasteiger partial charge in [-0.15, -0.1) is 0 Å². The van der Waals surface area contributed by atoms with Crippen molar-refractivity contribution >= 4 is 46.0 Å². The molecule has 0 bridgehead atoms. The first-order valence-corrected chi connectivity index (χ1v) is 10.8. The molecule has 1 amide bonds. The maximum absolute atomic E-state index is 12.8. The lowest BCUT2D eigenvalue weighted by atomic mass is 10.0. The number of nitrogens with zero attached hydrogens (tertiary/aromatic N) is 1. The second-order valence-corrected chi connectivity index (χ2v) is 8.19. The number of rotatable bonds is 6. The molecular formula is C23H22Cl2N2O4. The number of carbonyl (C=O) groups is 2. The van der Waals surface area contributed by atoms with Gasteiger partial charge in [-0.3, -0.25) is 4.79 Å². The van der Waals surface area contributed by atoms with Gasteiger partial charge >= 0.3 is 5.97 Å². The highest BCUT2D eigenvalue weighted by atomic mass is 35.5. The van der Waals surface area contributed by atoms with E-state index in [1.165, 1.54) is 7.11 Å². The topological polar surface area (TPSA) is 71.6 Å². The van der Waals surface area contributed by atoms with E-state index >= 15 is 0 Å². The van der Waals surface area contributed by atoms with Crippen molar-refractivity contribution in [3.8, 4) is 5.75 Å². The summed E-state index contributed by atoms with van der Waals surface area (Å²) in [6, 6.07) is 10.7. The molecule has 1 aliphatic rings. The van der Waals surface area contributed by atoms with Crippen LogP contribution < -0.4 is 4.74 Å². The third kappa shape index (κ3) is 4.50. The van der Waals surface area contributed by atoms with Crippen molar-refractivity contribution < 1.29 is 19.1 Å². The zero-order chi connectivity index (χ0) is 22.0.